The van der Waals surface area contributed by atoms with E-state index in [1.54, 1.807) is 23.5 Å². The van der Waals surface area contributed by atoms with Crippen LogP contribution in [0.1, 0.15) is 51.2 Å². The van der Waals surface area contributed by atoms with E-state index in [1.165, 1.54) is 12.1 Å². The highest BCUT2D eigenvalue weighted by atomic mass is 32.1. The van der Waals surface area contributed by atoms with Gasteiger partial charge in [-0.05, 0) is 76.4 Å². The van der Waals surface area contributed by atoms with Crippen LogP contribution in [0.3, 0.4) is 0 Å². The van der Waals surface area contributed by atoms with Crippen LogP contribution in [0.2, 0.25) is 0 Å². The lowest BCUT2D eigenvalue weighted by atomic mass is 10.1. The smallest absolute Gasteiger partial charge is 0.407 e. The number of amides is 1. The number of benzene rings is 1. The van der Waals surface area contributed by atoms with Crippen LogP contribution in [0.15, 0.2) is 41.8 Å². The maximum atomic E-state index is 13.3. The molecular weight excluding hydrogens is 517 g/mol. The van der Waals surface area contributed by atoms with Crippen molar-refractivity contribution in [1.29, 1.82) is 0 Å². The Labute approximate surface area is 231 Å². The van der Waals surface area contributed by atoms with Gasteiger partial charge in [0.1, 0.15) is 22.2 Å². The van der Waals surface area contributed by atoms with Gasteiger partial charge >= 0.3 is 6.09 Å². The molecule has 0 bridgehead atoms. The summed E-state index contributed by atoms with van der Waals surface area (Å²) < 4.78 is 20.5. The molecule has 0 spiro atoms. The van der Waals surface area contributed by atoms with E-state index < -0.39 is 5.60 Å². The number of alkyl carbamates (subject to hydrolysis) is 1. The Morgan fingerprint density at radius 3 is 2.56 bits per heavy atom. The molecule has 39 heavy (non-hydrogen) atoms. The standard InChI is InChI=1S/C28H34FN7O2S/c1-5-21-26(30-16-25-33-22(17-39-25)18-6-8-19(29)9-7-18)36-23(32-21)10-11-24(34-36)35-14-12-20(13-15-35)31-27(37)38-28(2,3)4/h6-11,17,20,30H,5,12-16H2,1-4H3,(H,31,37). The summed E-state index contributed by atoms with van der Waals surface area (Å²) in [6, 6.07) is 10.4. The third kappa shape index (κ3) is 6.47. The van der Waals surface area contributed by atoms with Gasteiger partial charge in [-0.1, -0.05) is 6.92 Å². The summed E-state index contributed by atoms with van der Waals surface area (Å²) in [5.41, 5.74) is 2.93. The lowest BCUT2D eigenvalue weighted by Crippen LogP contribution is -2.46. The maximum absolute atomic E-state index is 13.3. The molecule has 0 radical (unpaired) electrons. The van der Waals surface area contributed by atoms with Crippen LogP contribution in [0.5, 0.6) is 0 Å². The zero-order chi connectivity index (χ0) is 27.6. The Hall–Kier alpha value is -3.73. The molecule has 1 aliphatic heterocycles. The van der Waals surface area contributed by atoms with Gasteiger partial charge in [-0.15, -0.1) is 16.4 Å². The van der Waals surface area contributed by atoms with Gasteiger partial charge in [0.05, 0.1) is 17.9 Å². The molecule has 206 valence electrons. The largest absolute Gasteiger partial charge is 0.444 e. The number of piperidine rings is 1. The van der Waals surface area contributed by atoms with Crippen LogP contribution in [0.25, 0.3) is 16.9 Å². The first-order valence-electron chi connectivity index (χ1n) is 13.3. The van der Waals surface area contributed by atoms with Crippen molar-refractivity contribution in [3.05, 3.63) is 58.3 Å². The topological polar surface area (TPSA) is 96.7 Å². The average molecular weight is 552 g/mol. The van der Waals surface area contributed by atoms with E-state index in [9.17, 15) is 9.18 Å². The van der Waals surface area contributed by atoms with Crippen molar-refractivity contribution >= 4 is 34.7 Å². The first-order chi connectivity index (χ1) is 18.7. The number of nitrogens with one attached hydrogen (secondary N) is 2. The molecule has 11 heteroatoms. The molecule has 4 aromatic rings. The van der Waals surface area contributed by atoms with Gasteiger partial charge in [0.25, 0.3) is 0 Å². The Balaban J connectivity index is 1.26. The van der Waals surface area contributed by atoms with Gasteiger partial charge in [0.15, 0.2) is 11.5 Å². The van der Waals surface area contributed by atoms with Crippen molar-refractivity contribution in [2.24, 2.45) is 0 Å². The Kier molecular flexibility index (Phi) is 7.69. The number of aromatic nitrogens is 4. The summed E-state index contributed by atoms with van der Waals surface area (Å²) in [7, 11) is 0. The lowest BCUT2D eigenvalue weighted by molar-refractivity contribution is 0.0497. The molecule has 1 amide bonds. The minimum atomic E-state index is -0.511. The summed E-state index contributed by atoms with van der Waals surface area (Å²) in [4.78, 5) is 23.9. The predicted octanol–water partition coefficient (Wildman–Crippen LogP) is 5.66. The number of anilines is 2. The molecule has 0 saturated carbocycles. The van der Waals surface area contributed by atoms with Gasteiger partial charge in [-0.3, -0.25) is 0 Å². The number of thiazole rings is 1. The molecule has 3 aromatic heterocycles. The van der Waals surface area contributed by atoms with Gasteiger partial charge < -0.3 is 20.3 Å². The zero-order valence-corrected chi connectivity index (χ0v) is 23.5. The van der Waals surface area contributed by atoms with E-state index in [0.717, 1.165) is 71.6 Å². The molecule has 1 saturated heterocycles. The van der Waals surface area contributed by atoms with Crippen molar-refractivity contribution in [2.45, 2.75) is 65.1 Å². The maximum Gasteiger partial charge on any atom is 0.407 e. The number of carbonyl (C=O) groups is 1. The average Bonchev–Trinajstić information content (AvgIpc) is 3.51. The van der Waals surface area contributed by atoms with Gasteiger partial charge in [-0.25, -0.2) is 19.2 Å². The zero-order valence-electron chi connectivity index (χ0n) is 22.7. The number of hydrogen-bond donors (Lipinski definition) is 2. The van der Waals surface area contributed by atoms with E-state index in [4.69, 9.17) is 19.8 Å². The summed E-state index contributed by atoms with van der Waals surface area (Å²) >= 11 is 1.56. The highest BCUT2D eigenvalue weighted by Gasteiger charge is 2.25. The minimum absolute atomic E-state index is 0.0788. The van der Waals surface area contributed by atoms with E-state index >= 15 is 0 Å². The molecule has 0 unspecified atom stereocenters. The molecule has 2 N–H and O–H groups in total. The van der Waals surface area contributed by atoms with Crippen LogP contribution >= 0.6 is 11.3 Å². The first-order valence-corrected chi connectivity index (χ1v) is 14.1. The molecular formula is C28H34FN7O2S. The number of fused-ring (bicyclic) bond motifs is 1. The van der Waals surface area contributed by atoms with Crippen molar-refractivity contribution < 1.29 is 13.9 Å². The third-order valence-electron chi connectivity index (χ3n) is 6.51. The molecule has 1 aromatic carbocycles. The number of hydrogen-bond acceptors (Lipinski definition) is 8. The second-order valence-corrected chi connectivity index (χ2v) is 11.6. The van der Waals surface area contributed by atoms with E-state index in [2.05, 4.69) is 22.5 Å². The molecule has 9 nitrogen and oxygen atoms in total. The number of imidazole rings is 1. The van der Waals surface area contributed by atoms with Crippen LogP contribution in [0.4, 0.5) is 20.8 Å². The third-order valence-corrected chi connectivity index (χ3v) is 7.36. The predicted molar refractivity (Wildman–Crippen MR) is 152 cm³/mol. The fourth-order valence-electron chi connectivity index (χ4n) is 4.59. The van der Waals surface area contributed by atoms with Crippen LogP contribution < -0.4 is 15.5 Å². The van der Waals surface area contributed by atoms with Crippen LogP contribution in [0, 0.1) is 5.82 Å². The highest BCUT2D eigenvalue weighted by molar-refractivity contribution is 7.10. The Morgan fingerprint density at radius 1 is 1.13 bits per heavy atom. The van der Waals surface area contributed by atoms with Crippen molar-refractivity contribution in [3.63, 3.8) is 0 Å². The van der Waals surface area contributed by atoms with E-state index in [0.29, 0.717) is 6.54 Å². The molecule has 0 aliphatic carbocycles. The van der Waals surface area contributed by atoms with E-state index in [1.807, 2.05) is 42.8 Å². The number of ether oxygens (including phenoxy) is 1. The summed E-state index contributed by atoms with van der Waals surface area (Å²) in [5, 5.41) is 14.3. The lowest BCUT2D eigenvalue weighted by Gasteiger charge is -2.33. The number of nitrogens with zero attached hydrogens (tertiary/aromatic N) is 5. The fourth-order valence-corrected chi connectivity index (χ4v) is 5.34. The Bertz CT molecular complexity index is 1440. The summed E-state index contributed by atoms with van der Waals surface area (Å²) in [6.07, 6.45) is 2.02. The molecule has 5 rings (SSSR count). The molecule has 1 fully saturated rings. The molecule has 4 heterocycles. The highest BCUT2D eigenvalue weighted by Crippen LogP contribution is 2.26. The van der Waals surface area contributed by atoms with Crippen molar-refractivity contribution in [3.8, 4) is 11.3 Å². The first kappa shape index (κ1) is 26.9. The van der Waals surface area contributed by atoms with E-state index in [-0.39, 0.29) is 18.0 Å². The summed E-state index contributed by atoms with van der Waals surface area (Å²) in [5.74, 6) is 1.47. The van der Waals surface area contributed by atoms with Crippen molar-refractivity contribution in [1.82, 2.24) is 24.9 Å². The molecule has 0 atom stereocenters. The van der Waals surface area contributed by atoms with Gasteiger partial charge in [0, 0.05) is 30.1 Å². The number of rotatable bonds is 7. The number of halogens is 1. The van der Waals surface area contributed by atoms with Crippen molar-refractivity contribution in [2.75, 3.05) is 23.3 Å². The second kappa shape index (κ2) is 11.2. The molecule has 1 aliphatic rings. The monoisotopic (exact) mass is 551 g/mol. The van der Waals surface area contributed by atoms with Gasteiger partial charge in [0.2, 0.25) is 0 Å². The van der Waals surface area contributed by atoms with Gasteiger partial charge in [-0.2, -0.15) is 4.52 Å². The van der Waals surface area contributed by atoms with Crippen LogP contribution in [-0.2, 0) is 17.7 Å². The van der Waals surface area contributed by atoms with Crippen LogP contribution in [-0.4, -0.2) is 50.4 Å². The SMILES string of the molecule is CCc1nc2ccc(N3CCC(NC(=O)OC(C)(C)C)CC3)nn2c1NCc1nc(-c2ccc(F)cc2)cs1. The minimum Gasteiger partial charge on any atom is -0.444 e. The normalized spacial score (nSPS) is 14.5. The summed E-state index contributed by atoms with van der Waals surface area (Å²) in [6.45, 7) is 9.75. The quantitative estimate of drug-likeness (QED) is 0.306. The Morgan fingerprint density at radius 2 is 1.87 bits per heavy atom. The fraction of sp³-hybridized carbons (Fsp3) is 0.429. The second-order valence-electron chi connectivity index (χ2n) is 10.6. The number of aryl methyl sites for hydroxylation is 1. The number of carbonyl (C=O) groups excluding carboxylic acids is 1.